The van der Waals surface area contributed by atoms with Gasteiger partial charge in [-0.2, -0.15) is 0 Å². The Bertz CT molecular complexity index is 479. The maximum Gasteiger partial charge on any atom is 0.134 e. The first-order chi connectivity index (χ1) is 7.62. The molecule has 0 saturated heterocycles. The molecule has 0 atom stereocenters. The summed E-state index contributed by atoms with van der Waals surface area (Å²) in [7, 11) is 1.72. The smallest absolute Gasteiger partial charge is 0.134 e. The summed E-state index contributed by atoms with van der Waals surface area (Å²) in [6.45, 7) is 4.84. The van der Waals surface area contributed by atoms with Crippen LogP contribution in [0.25, 0.3) is 10.1 Å². The minimum Gasteiger partial charge on any atom is -0.377 e. The van der Waals surface area contributed by atoms with Crippen molar-refractivity contribution in [1.29, 1.82) is 0 Å². The SMILES string of the molecule is COC(C)(C)CNc1nccc2sccc12. The molecule has 2 aromatic heterocycles. The Hall–Kier alpha value is -1.13. The van der Waals surface area contributed by atoms with Gasteiger partial charge in [0.25, 0.3) is 0 Å². The number of anilines is 1. The Morgan fingerprint density at radius 2 is 2.25 bits per heavy atom. The van der Waals surface area contributed by atoms with Crippen molar-refractivity contribution in [2.24, 2.45) is 0 Å². The van der Waals surface area contributed by atoms with Crippen LogP contribution in [0, 0.1) is 0 Å². The van der Waals surface area contributed by atoms with Crippen molar-refractivity contribution < 1.29 is 4.74 Å². The fourth-order valence-corrected chi connectivity index (χ4v) is 2.19. The molecule has 0 aliphatic carbocycles. The Morgan fingerprint density at radius 3 is 3.00 bits per heavy atom. The van der Waals surface area contributed by atoms with Gasteiger partial charge >= 0.3 is 0 Å². The van der Waals surface area contributed by atoms with Gasteiger partial charge in [0.1, 0.15) is 5.82 Å². The van der Waals surface area contributed by atoms with Crippen LogP contribution in [0.5, 0.6) is 0 Å². The first-order valence-corrected chi connectivity index (χ1v) is 6.11. The molecule has 0 spiro atoms. The summed E-state index contributed by atoms with van der Waals surface area (Å²) in [4.78, 5) is 4.36. The van der Waals surface area contributed by atoms with E-state index in [4.69, 9.17) is 4.74 Å². The van der Waals surface area contributed by atoms with E-state index in [0.29, 0.717) is 0 Å². The minimum atomic E-state index is -0.181. The number of methoxy groups -OCH3 is 1. The molecule has 4 heteroatoms. The number of nitrogens with zero attached hydrogens (tertiary/aromatic N) is 1. The van der Waals surface area contributed by atoms with Crippen LogP contribution < -0.4 is 5.32 Å². The summed E-state index contributed by atoms with van der Waals surface area (Å²) in [6.07, 6.45) is 1.83. The zero-order valence-electron chi connectivity index (χ0n) is 9.78. The average Bonchev–Trinajstić information content (AvgIpc) is 2.75. The molecule has 1 N–H and O–H groups in total. The number of pyridine rings is 1. The highest BCUT2D eigenvalue weighted by Gasteiger charge is 2.16. The molecule has 2 rings (SSSR count). The molecule has 0 radical (unpaired) electrons. The fourth-order valence-electron chi connectivity index (χ4n) is 1.40. The maximum absolute atomic E-state index is 5.37. The van der Waals surface area contributed by atoms with Crippen LogP contribution in [0.3, 0.4) is 0 Å². The third kappa shape index (κ3) is 2.33. The molecule has 0 bridgehead atoms. The number of hydrogen-bond donors (Lipinski definition) is 1. The van der Waals surface area contributed by atoms with Crippen LogP contribution >= 0.6 is 11.3 Å². The summed E-state index contributed by atoms with van der Waals surface area (Å²) in [6, 6.07) is 4.13. The lowest BCUT2D eigenvalue weighted by Gasteiger charge is -2.23. The molecule has 2 heterocycles. The predicted molar refractivity (Wildman–Crippen MR) is 69.2 cm³/mol. The topological polar surface area (TPSA) is 34.1 Å². The number of thiophene rings is 1. The molecule has 0 saturated carbocycles. The Balaban J connectivity index is 2.18. The fraction of sp³-hybridized carbons (Fsp3) is 0.417. The number of rotatable bonds is 4. The van der Waals surface area contributed by atoms with Crippen molar-refractivity contribution in [3.63, 3.8) is 0 Å². The normalized spacial score (nSPS) is 11.9. The van der Waals surface area contributed by atoms with Crippen molar-refractivity contribution in [3.05, 3.63) is 23.7 Å². The summed E-state index contributed by atoms with van der Waals surface area (Å²) in [5, 5.41) is 6.60. The van der Waals surface area contributed by atoms with E-state index < -0.39 is 0 Å². The zero-order valence-corrected chi connectivity index (χ0v) is 10.6. The summed E-state index contributed by atoms with van der Waals surface area (Å²) in [5.74, 6) is 0.934. The van der Waals surface area contributed by atoms with Gasteiger partial charge in [-0.15, -0.1) is 11.3 Å². The van der Waals surface area contributed by atoms with Gasteiger partial charge in [0.2, 0.25) is 0 Å². The van der Waals surface area contributed by atoms with Crippen LogP contribution in [-0.2, 0) is 4.74 Å². The highest BCUT2D eigenvalue weighted by atomic mass is 32.1. The largest absolute Gasteiger partial charge is 0.377 e. The lowest BCUT2D eigenvalue weighted by atomic mass is 10.1. The number of nitrogens with one attached hydrogen (secondary N) is 1. The van der Waals surface area contributed by atoms with Gasteiger partial charge in [-0.05, 0) is 31.4 Å². The molecule has 2 aromatic rings. The van der Waals surface area contributed by atoms with Crippen molar-refractivity contribution in [2.75, 3.05) is 19.0 Å². The summed E-state index contributed by atoms with van der Waals surface area (Å²) >= 11 is 1.73. The monoisotopic (exact) mass is 236 g/mol. The van der Waals surface area contributed by atoms with Gasteiger partial charge in [-0.3, -0.25) is 0 Å². The van der Waals surface area contributed by atoms with Gasteiger partial charge in [0.05, 0.1) is 5.60 Å². The molecular formula is C12H16N2OS. The third-order valence-electron chi connectivity index (χ3n) is 2.61. The number of aromatic nitrogens is 1. The standard InChI is InChI=1S/C12H16N2OS/c1-12(2,15-3)8-14-11-9-5-7-16-10(9)4-6-13-11/h4-7H,8H2,1-3H3,(H,13,14). The van der Waals surface area contributed by atoms with Crippen molar-refractivity contribution in [3.8, 4) is 0 Å². The van der Waals surface area contributed by atoms with E-state index in [1.54, 1.807) is 18.4 Å². The van der Waals surface area contributed by atoms with Gasteiger partial charge in [0, 0.05) is 29.9 Å². The molecule has 0 aromatic carbocycles. The highest BCUT2D eigenvalue weighted by Crippen LogP contribution is 2.26. The molecule has 16 heavy (non-hydrogen) atoms. The third-order valence-corrected chi connectivity index (χ3v) is 3.50. The molecule has 0 unspecified atom stereocenters. The van der Waals surface area contributed by atoms with Crippen molar-refractivity contribution >= 4 is 27.2 Å². The second-order valence-electron chi connectivity index (χ2n) is 4.31. The van der Waals surface area contributed by atoms with E-state index >= 15 is 0 Å². The Kier molecular flexibility index (Phi) is 3.12. The summed E-state index contributed by atoms with van der Waals surface area (Å²) < 4.78 is 6.62. The van der Waals surface area contributed by atoms with Gasteiger partial charge in [-0.1, -0.05) is 0 Å². The van der Waals surface area contributed by atoms with Crippen LogP contribution in [-0.4, -0.2) is 24.2 Å². The van der Waals surface area contributed by atoms with Crippen LogP contribution in [0.2, 0.25) is 0 Å². The molecule has 0 aliphatic heterocycles. The van der Waals surface area contributed by atoms with Crippen LogP contribution in [0.1, 0.15) is 13.8 Å². The average molecular weight is 236 g/mol. The lowest BCUT2D eigenvalue weighted by Crippen LogP contribution is -2.32. The van der Waals surface area contributed by atoms with Crippen LogP contribution in [0.15, 0.2) is 23.7 Å². The van der Waals surface area contributed by atoms with Crippen molar-refractivity contribution in [1.82, 2.24) is 4.98 Å². The Labute approximate surface area is 99.5 Å². The first-order valence-electron chi connectivity index (χ1n) is 5.24. The van der Waals surface area contributed by atoms with E-state index in [1.165, 1.54) is 10.1 Å². The van der Waals surface area contributed by atoms with Crippen LogP contribution in [0.4, 0.5) is 5.82 Å². The van der Waals surface area contributed by atoms with Gasteiger partial charge < -0.3 is 10.1 Å². The first kappa shape index (κ1) is 11.4. The molecule has 86 valence electrons. The second-order valence-corrected chi connectivity index (χ2v) is 5.26. The predicted octanol–water partition coefficient (Wildman–Crippen LogP) is 3.13. The minimum absolute atomic E-state index is 0.181. The number of ether oxygens (including phenoxy) is 1. The highest BCUT2D eigenvalue weighted by molar-refractivity contribution is 7.17. The number of hydrogen-bond acceptors (Lipinski definition) is 4. The number of fused-ring (bicyclic) bond motifs is 1. The van der Waals surface area contributed by atoms with Gasteiger partial charge in [0.15, 0.2) is 0 Å². The lowest BCUT2D eigenvalue weighted by molar-refractivity contribution is 0.0343. The molecule has 3 nitrogen and oxygen atoms in total. The molecule has 0 amide bonds. The molecular weight excluding hydrogens is 220 g/mol. The summed E-state index contributed by atoms with van der Waals surface area (Å²) in [5.41, 5.74) is -0.181. The second kappa shape index (κ2) is 4.39. The van der Waals surface area contributed by atoms with Gasteiger partial charge in [-0.25, -0.2) is 4.98 Å². The quantitative estimate of drug-likeness (QED) is 0.885. The maximum atomic E-state index is 5.37. The molecule has 0 aliphatic rings. The van der Waals surface area contributed by atoms with Crippen molar-refractivity contribution in [2.45, 2.75) is 19.4 Å². The zero-order chi connectivity index (χ0) is 11.6. The van der Waals surface area contributed by atoms with E-state index in [-0.39, 0.29) is 5.60 Å². The molecule has 0 fully saturated rings. The van der Waals surface area contributed by atoms with E-state index in [0.717, 1.165) is 12.4 Å². The Morgan fingerprint density at radius 1 is 1.44 bits per heavy atom. The van der Waals surface area contributed by atoms with E-state index in [2.05, 4.69) is 21.7 Å². The van der Waals surface area contributed by atoms with E-state index in [9.17, 15) is 0 Å². The van der Waals surface area contributed by atoms with E-state index in [1.807, 2.05) is 26.1 Å².